The predicted octanol–water partition coefficient (Wildman–Crippen LogP) is 0.391. The summed E-state index contributed by atoms with van der Waals surface area (Å²) in [6, 6.07) is 1.77. The Balaban J connectivity index is 2.70. The Morgan fingerprint density at radius 3 is 3.07 bits per heavy atom. The van der Waals surface area contributed by atoms with E-state index in [1.165, 1.54) is 11.9 Å². The molecule has 0 unspecified atom stereocenters. The average Bonchev–Trinajstić information content (AvgIpc) is 2.67. The highest BCUT2D eigenvalue weighted by Crippen LogP contribution is 2.16. The number of pyridine rings is 1. The van der Waals surface area contributed by atoms with Gasteiger partial charge >= 0.3 is 5.97 Å². The van der Waals surface area contributed by atoms with Crippen molar-refractivity contribution in [3.05, 3.63) is 24.2 Å². The second-order valence-corrected chi connectivity index (χ2v) is 2.87. The van der Waals surface area contributed by atoms with Gasteiger partial charge in [0.25, 0.3) is 0 Å². The molecule has 6 nitrogen and oxygen atoms in total. The van der Waals surface area contributed by atoms with E-state index in [1.807, 2.05) is 0 Å². The van der Waals surface area contributed by atoms with Crippen LogP contribution in [0, 0.1) is 0 Å². The molecule has 0 bridgehead atoms. The van der Waals surface area contributed by atoms with Crippen molar-refractivity contribution in [2.75, 3.05) is 19.6 Å². The molecule has 0 radical (unpaired) electrons. The van der Waals surface area contributed by atoms with E-state index in [9.17, 15) is 4.79 Å². The van der Waals surface area contributed by atoms with E-state index in [2.05, 4.69) is 20.2 Å². The fourth-order valence-electron chi connectivity index (χ4n) is 1.38. The van der Waals surface area contributed by atoms with Gasteiger partial charge in [-0.05, 0) is 6.07 Å². The third kappa shape index (κ3) is 1.39. The maximum absolute atomic E-state index is 11.4. The Hall–Kier alpha value is -2.11. The van der Waals surface area contributed by atoms with Crippen LogP contribution in [0.15, 0.2) is 18.5 Å². The first-order chi connectivity index (χ1) is 7.27. The molecule has 0 amide bonds. The van der Waals surface area contributed by atoms with Crippen LogP contribution in [0.4, 0.5) is 0 Å². The molecule has 0 spiro atoms. The van der Waals surface area contributed by atoms with Gasteiger partial charge in [-0.2, -0.15) is 4.79 Å². The summed E-state index contributed by atoms with van der Waals surface area (Å²) in [6.07, 6.45) is 3.22. The number of hydrogen-bond acceptors (Lipinski definition) is 5. The van der Waals surface area contributed by atoms with E-state index in [4.69, 9.17) is 0 Å². The van der Waals surface area contributed by atoms with Crippen LogP contribution in [0.5, 0.6) is 0 Å². The van der Waals surface area contributed by atoms with Gasteiger partial charge in [-0.3, -0.25) is 4.98 Å². The molecule has 0 aromatic carbocycles. The Morgan fingerprint density at radius 2 is 2.40 bits per heavy atom. The monoisotopic (exact) mass is 206 g/mol. The number of ether oxygens (including phenoxy) is 1. The molecular formula is C9H10N4O2. The van der Waals surface area contributed by atoms with Crippen LogP contribution < -0.4 is 5.43 Å². The Bertz CT molecular complexity index is 506. The second kappa shape index (κ2) is 3.56. The predicted molar refractivity (Wildman–Crippen MR) is 54.2 cm³/mol. The number of carbonyl (C=O) groups excluding carboxylic acids is 1. The second-order valence-electron chi connectivity index (χ2n) is 2.87. The molecule has 2 rings (SSSR count). The van der Waals surface area contributed by atoms with E-state index in [-0.39, 0.29) is 5.69 Å². The molecule has 2 aromatic rings. The standard InChI is InChI=1S/C9H10N4O2/c1-10-13-7-3-4-11-5-6(7)8(12-13)9(14)15-2/h3-5,10H,1-2H3. The summed E-state index contributed by atoms with van der Waals surface area (Å²) < 4.78 is 4.63. The largest absolute Gasteiger partial charge is 0.464 e. The maximum Gasteiger partial charge on any atom is 0.359 e. The molecule has 0 aliphatic carbocycles. The van der Waals surface area contributed by atoms with Crippen molar-refractivity contribution >= 4 is 16.9 Å². The van der Waals surface area contributed by atoms with Gasteiger partial charge in [-0.25, -0.2) is 4.79 Å². The lowest BCUT2D eigenvalue weighted by Crippen LogP contribution is -2.12. The van der Waals surface area contributed by atoms with Crippen molar-refractivity contribution in [1.29, 1.82) is 0 Å². The molecule has 0 fully saturated rings. The zero-order valence-corrected chi connectivity index (χ0v) is 8.39. The van der Waals surface area contributed by atoms with E-state index in [0.717, 1.165) is 5.52 Å². The highest BCUT2D eigenvalue weighted by molar-refractivity contribution is 6.01. The summed E-state index contributed by atoms with van der Waals surface area (Å²) in [6.45, 7) is 0. The third-order valence-electron chi connectivity index (χ3n) is 2.07. The summed E-state index contributed by atoms with van der Waals surface area (Å²) in [5, 5.41) is 4.74. The minimum Gasteiger partial charge on any atom is -0.464 e. The zero-order chi connectivity index (χ0) is 10.8. The van der Waals surface area contributed by atoms with Gasteiger partial charge in [-0.1, -0.05) is 0 Å². The van der Waals surface area contributed by atoms with Crippen molar-refractivity contribution < 1.29 is 9.53 Å². The molecule has 2 aromatic heterocycles. The van der Waals surface area contributed by atoms with Crippen LogP contribution in [0.3, 0.4) is 0 Å². The van der Waals surface area contributed by atoms with Gasteiger partial charge in [0, 0.05) is 19.4 Å². The molecular weight excluding hydrogens is 196 g/mol. The van der Waals surface area contributed by atoms with Crippen molar-refractivity contribution in [3.8, 4) is 0 Å². The number of rotatable bonds is 2. The molecule has 6 heteroatoms. The average molecular weight is 206 g/mol. The highest BCUT2D eigenvalue weighted by Gasteiger charge is 2.16. The van der Waals surface area contributed by atoms with Gasteiger partial charge < -0.3 is 10.2 Å². The van der Waals surface area contributed by atoms with Crippen LogP contribution in [0.1, 0.15) is 10.5 Å². The summed E-state index contributed by atoms with van der Waals surface area (Å²) in [4.78, 5) is 16.9. The third-order valence-corrected chi connectivity index (χ3v) is 2.07. The molecule has 0 saturated carbocycles. The molecule has 2 heterocycles. The van der Waals surface area contributed by atoms with Gasteiger partial charge in [0.1, 0.15) is 0 Å². The number of hydrogen-bond donors (Lipinski definition) is 1. The summed E-state index contributed by atoms with van der Waals surface area (Å²) in [7, 11) is 3.04. The highest BCUT2D eigenvalue weighted by atomic mass is 16.5. The minimum absolute atomic E-state index is 0.259. The van der Waals surface area contributed by atoms with E-state index in [0.29, 0.717) is 5.39 Å². The van der Waals surface area contributed by atoms with Crippen molar-refractivity contribution in [3.63, 3.8) is 0 Å². The molecule has 15 heavy (non-hydrogen) atoms. The quantitative estimate of drug-likeness (QED) is 0.720. The van der Waals surface area contributed by atoms with Crippen LogP contribution in [0.25, 0.3) is 10.9 Å². The van der Waals surface area contributed by atoms with Crippen LogP contribution in [-0.4, -0.2) is 35.0 Å². The number of fused-ring (bicyclic) bond motifs is 1. The van der Waals surface area contributed by atoms with Crippen molar-refractivity contribution in [2.45, 2.75) is 0 Å². The smallest absolute Gasteiger partial charge is 0.359 e. The first kappa shape index (κ1) is 9.45. The lowest BCUT2D eigenvalue weighted by Gasteiger charge is -1.98. The molecule has 1 N–H and O–H groups in total. The number of carbonyl (C=O) groups is 1. The number of esters is 1. The number of nitrogens with zero attached hydrogens (tertiary/aromatic N) is 3. The fourth-order valence-corrected chi connectivity index (χ4v) is 1.38. The molecule has 78 valence electrons. The fraction of sp³-hybridized carbons (Fsp3) is 0.222. The van der Waals surface area contributed by atoms with E-state index >= 15 is 0 Å². The summed E-state index contributed by atoms with van der Waals surface area (Å²) >= 11 is 0. The lowest BCUT2D eigenvalue weighted by atomic mass is 10.2. The first-order valence-electron chi connectivity index (χ1n) is 4.36. The van der Waals surface area contributed by atoms with Crippen LogP contribution in [-0.2, 0) is 4.74 Å². The SMILES string of the molecule is CNn1nc(C(=O)OC)c2cnccc21. The van der Waals surface area contributed by atoms with Crippen LogP contribution >= 0.6 is 0 Å². The normalized spacial score (nSPS) is 10.3. The van der Waals surface area contributed by atoms with Crippen molar-refractivity contribution in [2.24, 2.45) is 0 Å². The maximum atomic E-state index is 11.4. The van der Waals surface area contributed by atoms with Crippen molar-refractivity contribution in [1.82, 2.24) is 14.9 Å². The van der Waals surface area contributed by atoms with Crippen LogP contribution in [0.2, 0.25) is 0 Å². The molecule has 0 aliphatic heterocycles. The number of methoxy groups -OCH3 is 1. The Labute approximate surface area is 85.8 Å². The summed E-state index contributed by atoms with van der Waals surface area (Å²) in [5.74, 6) is -0.470. The summed E-state index contributed by atoms with van der Waals surface area (Å²) in [5.41, 5.74) is 3.88. The Kier molecular flexibility index (Phi) is 2.24. The van der Waals surface area contributed by atoms with E-state index < -0.39 is 5.97 Å². The topological polar surface area (TPSA) is 69.0 Å². The number of nitrogens with one attached hydrogen (secondary N) is 1. The van der Waals surface area contributed by atoms with Gasteiger partial charge in [0.05, 0.1) is 18.0 Å². The minimum atomic E-state index is -0.470. The molecule has 0 atom stereocenters. The lowest BCUT2D eigenvalue weighted by molar-refractivity contribution is 0.0595. The first-order valence-corrected chi connectivity index (χ1v) is 4.36. The van der Waals surface area contributed by atoms with Gasteiger partial charge in [0.2, 0.25) is 0 Å². The zero-order valence-electron chi connectivity index (χ0n) is 8.39. The molecule has 0 saturated heterocycles. The van der Waals surface area contributed by atoms with E-state index in [1.54, 1.807) is 25.5 Å². The van der Waals surface area contributed by atoms with Gasteiger partial charge in [0.15, 0.2) is 5.69 Å². The molecule has 0 aliphatic rings. The number of aromatic nitrogens is 3. The Morgan fingerprint density at radius 1 is 1.60 bits per heavy atom. The van der Waals surface area contributed by atoms with Gasteiger partial charge in [-0.15, -0.1) is 5.10 Å².